The van der Waals surface area contributed by atoms with Crippen LogP contribution in [-0.2, 0) is 0 Å². The maximum atomic E-state index is 13.2. The summed E-state index contributed by atoms with van der Waals surface area (Å²) < 4.78 is 8.21. The molecule has 1 amide bonds. The van der Waals surface area contributed by atoms with E-state index in [4.69, 9.17) is 4.74 Å². The van der Waals surface area contributed by atoms with Gasteiger partial charge in [0, 0.05) is 6.07 Å². The third-order valence-corrected chi connectivity index (χ3v) is 5.86. The maximum absolute atomic E-state index is 13.2. The van der Waals surface area contributed by atoms with Gasteiger partial charge in [0.15, 0.2) is 0 Å². The van der Waals surface area contributed by atoms with Crippen LogP contribution in [0.15, 0.2) is 66.7 Å². The van der Waals surface area contributed by atoms with Gasteiger partial charge in [0.2, 0.25) is 5.13 Å². The van der Waals surface area contributed by atoms with Gasteiger partial charge in [0.05, 0.1) is 28.6 Å². The van der Waals surface area contributed by atoms with Gasteiger partial charge < -0.3 is 10.1 Å². The van der Waals surface area contributed by atoms with Crippen molar-refractivity contribution in [1.82, 2.24) is 14.8 Å². The van der Waals surface area contributed by atoms with E-state index in [-0.39, 0.29) is 5.91 Å². The summed E-state index contributed by atoms with van der Waals surface area (Å²) in [6.07, 6.45) is 0. The molecule has 0 saturated heterocycles. The predicted molar refractivity (Wildman–Crippen MR) is 120 cm³/mol. The fourth-order valence-corrected chi connectivity index (χ4v) is 4.37. The van der Waals surface area contributed by atoms with Gasteiger partial charge in [0.1, 0.15) is 11.6 Å². The molecule has 2 aromatic heterocycles. The number of aromatic nitrogens is 3. The molecule has 0 unspecified atom stereocenters. The number of hydrogen-bond acceptors (Lipinski definition) is 5. The number of carbonyl (C=O) groups excluding carboxylic acids is 1. The lowest BCUT2D eigenvalue weighted by Crippen LogP contribution is -2.16. The van der Waals surface area contributed by atoms with E-state index in [1.54, 1.807) is 11.8 Å². The van der Waals surface area contributed by atoms with Crippen LogP contribution in [-0.4, -0.2) is 27.8 Å². The van der Waals surface area contributed by atoms with Crippen LogP contribution < -0.4 is 10.1 Å². The van der Waals surface area contributed by atoms with E-state index >= 15 is 0 Å². The van der Waals surface area contributed by atoms with E-state index in [0.717, 1.165) is 26.7 Å². The van der Waals surface area contributed by atoms with Gasteiger partial charge in [-0.05, 0) is 42.0 Å². The number of rotatable bonds is 4. The Labute approximate surface area is 176 Å². The standard InChI is InChI=1S/C23H18N4O2S/c1-14-11-21(27(26-14)23-24-18-9-5-6-10-20(18)30-23)25-22(28)17-12-15-7-3-4-8-16(15)13-19(17)29-2/h3-13H,1-2H3,(H,25,28). The highest BCUT2D eigenvalue weighted by atomic mass is 32.1. The van der Waals surface area contributed by atoms with Crippen LogP contribution in [0.5, 0.6) is 5.75 Å². The number of carbonyl (C=O) groups is 1. The van der Waals surface area contributed by atoms with Crippen molar-refractivity contribution >= 4 is 44.1 Å². The molecule has 148 valence electrons. The van der Waals surface area contributed by atoms with Crippen LogP contribution in [0.3, 0.4) is 0 Å². The van der Waals surface area contributed by atoms with Crippen LogP contribution in [0.4, 0.5) is 5.82 Å². The third-order valence-electron chi connectivity index (χ3n) is 4.85. The SMILES string of the molecule is COc1cc2ccccc2cc1C(=O)Nc1cc(C)nn1-c1nc2ccccc2s1. The fourth-order valence-electron chi connectivity index (χ4n) is 3.43. The number of benzene rings is 3. The second-order valence-electron chi connectivity index (χ2n) is 6.90. The number of ether oxygens (including phenoxy) is 1. The van der Waals surface area contributed by atoms with E-state index < -0.39 is 0 Å². The van der Waals surface area contributed by atoms with E-state index in [2.05, 4.69) is 15.4 Å². The number of amides is 1. The number of anilines is 1. The van der Waals surface area contributed by atoms with Crippen molar-refractivity contribution in [3.8, 4) is 10.9 Å². The summed E-state index contributed by atoms with van der Waals surface area (Å²) in [4.78, 5) is 17.8. The zero-order valence-electron chi connectivity index (χ0n) is 16.4. The molecule has 1 N–H and O–H groups in total. The quantitative estimate of drug-likeness (QED) is 0.439. The van der Waals surface area contributed by atoms with Crippen molar-refractivity contribution in [2.24, 2.45) is 0 Å². The molecule has 30 heavy (non-hydrogen) atoms. The van der Waals surface area contributed by atoms with Gasteiger partial charge >= 0.3 is 0 Å². The molecule has 0 fully saturated rings. The summed E-state index contributed by atoms with van der Waals surface area (Å²) in [5, 5.41) is 10.2. The molecule has 0 bridgehead atoms. The first-order chi connectivity index (χ1) is 14.6. The third kappa shape index (κ3) is 3.19. The lowest BCUT2D eigenvalue weighted by Gasteiger charge is -2.11. The molecule has 0 aliphatic rings. The lowest BCUT2D eigenvalue weighted by atomic mass is 10.1. The molecule has 3 aromatic carbocycles. The number of thiazole rings is 1. The number of aryl methyl sites for hydroxylation is 1. The van der Waals surface area contributed by atoms with Crippen molar-refractivity contribution in [1.29, 1.82) is 0 Å². The second kappa shape index (κ2) is 7.27. The molecule has 0 spiro atoms. The average molecular weight is 414 g/mol. The number of hydrogen-bond donors (Lipinski definition) is 1. The highest BCUT2D eigenvalue weighted by Gasteiger charge is 2.18. The van der Waals surface area contributed by atoms with E-state index in [1.165, 1.54) is 11.3 Å². The Hall–Kier alpha value is -3.71. The van der Waals surface area contributed by atoms with Gasteiger partial charge in [-0.25, -0.2) is 4.98 Å². The van der Waals surface area contributed by atoms with Gasteiger partial charge in [-0.1, -0.05) is 47.7 Å². The zero-order valence-corrected chi connectivity index (χ0v) is 17.2. The number of fused-ring (bicyclic) bond motifs is 2. The lowest BCUT2D eigenvalue weighted by molar-refractivity contribution is 0.102. The van der Waals surface area contributed by atoms with Gasteiger partial charge in [-0.2, -0.15) is 9.78 Å². The highest BCUT2D eigenvalue weighted by Crippen LogP contribution is 2.29. The number of nitrogens with zero attached hydrogens (tertiary/aromatic N) is 3. The second-order valence-corrected chi connectivity index (χ2v) is 7.91. The summed E-state index contributed by atoms with van der Waals surface area (Å²) in [5.74, 6) is 0.820. The minimum Gasteiger partial charge on any atom is -0.496 e. The summed E-state index contributed by atoms with van der Waals surface area (Å²) in [6.45, 7) is 1.89. The first-order valence-corrected chi connectivity index (χ1v) is 10.2. The van der Waals surface area contributed by atoms with Gasteiger partial charge in [0.25, 0.3) is 5.91 Å². The Bertz CT molecular complexity index is 1370. The smallest absolute Gasteiger partial charge is 0.260 e. The minimum atomic E-state index is -0.264. The molecule has 2 heterocycles. The molecular formula is C23H18N4O2S. The van der Waals surface area contributed by atoms with E-state index in [9.17, 15) is 4.79 Å². The Kier molecular flexibility index (Phi) is 4.44. The molecule has 7 heteroatoms. The number of methoxy groups -OCH3 is 1. The summed E-state index contributed by atoms with van der Waals surface area (Å²) in [5.41, 5.74) is 2.15. The van der Waals surface area contributed by atoms with Crippen LogP contribution in [0, 0.1) is 6.92 Å². The monoisotopic (exact) mass is 414 g/mol. The van der Waals surface area contributed by atoms with Crippen molar-refractivity contribution in [2.75, 3.05) is 12.4 Å². The Morgan fingerprint density at radius 2 is 1.77 bits per heavy atom. The molecule has 5 rings (SSSR count). The summed E-state index contributed by atoms with van der Waals surface area (Å²) >= 11 is 1.52. The molecule has 0 aliphatic heterocycles. The first kappa shape index (κ1) is 18.3. The molecule has 5 aromatic rings. The number of nitrogens with one attached hydrogen (secondary N) is 1. The average Bonchev–Trinajstić information content (AvgIpc) is 3.35. The van der Waals surface area contributed by atoms with Crippen molar-refractivity contribution in [2.45, 2.75) is 6.92 Å². The van der Waals surface area contributed by atoms with Gasteiger partial charge in [-0.15, -0.1) is 0 Å². The van der Waals surface area contributed by atoms with E-state index in [1.807, 2.05) is 73.7 Å². The Morgan fingerprint density at radius 1 is 1.03 bits per heavy atom. The van der Waals surface area contributed by atoms with Crippen molar-refractivity contribution in [3.05, 3.63) is 78.0 Å². The molecule has 0 saturated carbocycles. The van der Waals surface area contributed by atoms with Crippen LogP contribution in [0.1, 0.15) is 16.1 Å². The fraction of sp³-hybridized carbons (Fsp3) is 0.0870. The molecule has 0 radical (unpaired) electrons. The normalized spacial score (nSPS) is 11.1. The Morgan fingerprint density at radius 3 is 2.53 bits per heavy atom. The topological polar surface area (TPSA) is 69.0 Å². The largest absolute Gasteiger partial charge is 0.496 e. The predicted octanol–water partition coefficient (Wildman–Crippen LogP) is 5.20. The Balaban J connectivity index is 1.54. The van der Waals surface area contributed by atoms with Crippen molar-refractivity contribution < 1.29 is 9.53 Å². The summed E-state index contributed by atoms with van der Waals surface area (Å²) in [6, 6.07) is 21.3. The summed E-state index contributed by atoms with van der Waals surface area (Å²) in [7, 11) is 1.57. The van der Waals surface area contributed by atoms with E-state index in [0.29, 0.717) is 22.3 Å². The number of para-hydroxylation sites is 1. The molecule has 0 atom stereocenters. The van der Waals surface area contributed by atoms with Crippen LogP contribution in [0.2, 0.25) is 0 Å². The molecule has 6 nitrogen and oxygen atoms in total. The van der Waals surface area contributed by atoms with Gasteiger partial charge in [-0.3, -0.25) is 4.79 Å². The maximum Gasteiger partial charge on any atom is 0.260 e. The molecule has 0 aliphatic carbocycles. The first-order valence-electron chi connectivity index (χ1n) is 9.43. The van der Waals surface area contributed by atoms with Crippen LogP contribution in [0.25, 0.3) is 26.1 Å². The zero-order chi connectivity index (χ0) is 20.7. The highest BCUT2D eigenvalue weighted by molar-refractivity contribution is 7.20. The minimum absolute atomic E-state index is 0.264. The van der Waals surface area contributed by atoms with Crippen LogP contribution >= 0.6 is 11.3 Å². The molecular weight excluding hydrogens is 396 g/mol. The van der Waals surface area contributed by atoms with Crippen molar-refractivity contribution in [3.63, 3.8) is 0 Å².